The molecule has 0 aromatic heterocycles. The lowest BCUT2D eigenvalue weighted by Crippen LogP contribution is -2.24. The van der Waals surface area contributed by atoms with Crippen molar-refractivity contribution in [1.29, 1.82) is 0 Å². The average molecular weight is 337 g/mol. The van der Waals surface area contributed by atoms with Crippen LogP contribution in [-0.4, -0.2) is 22.6 Å². The van der Waals surface area contributed by atoms with Crippen LogP contribution in [0, 0.1) is 5.92 Å². The second kappa shape index (κ2) is 10.1. The fraction of sp³-hybridized carbons (Fsp3) is 0.625. The summed E-state index contributed by atoms with van der Waals surface area (Å²) in [7, 11) is 0. The van der Waals surface area contributed by atoms with Crippen molar-refractivity contribution in [2.24, 2.45) is 11.1 Å². The van der Waals surface area contributed by atoms with Gasteiger partial charge in [-0.1, -0.05) is 42.3 Å². The minimum Gasteiger partial charge on any atom is -0.396 e. The normalized spacial score (nSPS) is 13.3. The highest BCUT2D eigenvalue weighted by Crippen LogP contribution is 2.32. The largest absolute Gasteiger partial charge is 0.396 e. The molecule has 1 aromatic carbocycles. The maximum Gasteiger partial charge on any atom is 0.391 e. The van der Waals surface area contributed by atoms with E-state index in [4.69, 9.17) is 10.2 Å². The monoisotopic (exact) mass is 337 g/mol. The van der Waals surface area contributed by atoms with Crippen molar-refractivity contribution < 1.29 is 18.3 Å². The minimum absolute atomic E-state index is 0.0358. The van der Waals surface area contributed by atoms with Gasteiger partial charge >= 0.3 is 6.18 Å². The van der Waals surface area contributed by atoms with E-state index in [-0.39, 0.29) is 17.6 Å². The van der Waals surface area contributed by atoms with Crippen LogP contribution in [0.5, 0.6) is 0 Å². The summed E-state index contributed by atoms with van der Waals surface area (Å²) in [5.74, 6) is -1.40. The fourth-order valence-corrected chi connectivity index (χ4v) is 1.61. The van der Waals surface area contributed by atoms with Gasteiger partial charge in [-0.05, 0) is 45.6 Å². The second-order valence-electron chi connectivity index (χ2n) is 6.01. The molecule has 22 heavy (non-hydrogen) atoms. The summed E-state index contributed by atoms with van der Waals surface area (Å²) in [6.07, 6.45) is -3.99. The number of aryl methyl sites for hydroxylation is 1. The van der Waals surface area contributed by atoms with E-state index >= 15 is 0 Å². The number of nitrogens with two attached hydrogens (primary N) is 1. The number of rotatable bonds is 5. The molecule has 1 unspecified atom stereocenters. The van der Waals surface area contributed by atoms with Crippen LogP contribution in [0.1, 0.15) is 39.2 Å². The molecule has 128 valence electrons. The molecule has 0 aliphatic carbocycles. The molecule has 0 radical (unpaired) electrons. The number of hydrogen-bond acceptors (Lipinski definition) is 3. The Labute approximate surface area is 135 Å². The molecule has 2 nitrogen and oxygen atoms in total. The molecule has 0 amide bonds. The van der Waals surface area contributed by atoms with E-state index in [1.54, 1.807) is 0 Å². The molecule has 0 heterocycles. The number of aliphatic hydroxyl groups excluding tert-OH is 1. The van der Waals surface area contributed by atoms with E-state index in [0.717, 1.165) is 5.56 Å². The Morgan fingerprint density at radius 3 is 1.95 bits per heavy atom. The maximum atomic E-state index is 12.5. The SMILES string of the molecule is CC(C)(C)SN.OCCC(CCc1ccccc1)C(F)(F)F. The third kappa shape index (κ3) is 10.9. The third-order valence-corrected chi connectivity index (χ3v) is 3.63. The van der Waals surface area contributed by atoms with E-state index in [2.05, 4.69) is 20.8 Å². The van der Waals surface area contributed by atoms with Gasteiger partial charge in [-0.15, -0.1) is 0 Å². The zero-order valence-corrected chi connectivity index (χ0v) is 14.2. The molecule has 3 N–H and O–H groups in total. The Hall–Kier alpha value is -0.720. The third-order valence-electron chi connectivity index (χ3n) is 2.92. The second-order valence-corrected chi connectivity index (χ2v) is 7.47. The van der Waals surface area contributed by atoms with Gasteiger partial charge < -0.3 is 5.11 Å². The summed E-state index contributed by atoms with van der Waals surface area (Å²) in [5, 5.41) is 13.8. The Morgan fingerprint density at radius 2 is 1.59 bits per heavy atom. The van der Waals surface area contributed by atoms with Gasteiger partial charge in [0.15, 0.2) is 0 Å². The molecule has 0 saturated heterocycles. The molecule has 6 heteroatoms. The average Bonchev–Trinajstić information content (AvgIpc) is 2.43. The summed E-state index contributed by atoms with van der Waals surface area (Å²) in [4.78, 5) is 0. The first-order chi connectivity index (χ1) is 10.1. The molecule has 1 atom stereocenters. The predicted molar refractivity (Wildman–Crippen MR) is 87.5 cm³/mol. The molecule has 1 aromatic rings. The molecule has 0 fully saturated rings. The van der Waals surface area contributed by atoms with Gasteiger partial charge in [0.05, 0.1) is 5.92 Å². The van der Waals surface area contributed by atoms with Crippen molar-refractivity contribution in [3.05, 3.63) is 35.9 Å². The molecule has 0 saturated carbocycles. The smallest absolute Gasteiger partial charge is 0.391 e. The summed E-state index contributed by atoms with van der Waals surface area (Å²) >= 11 is 1.38. The summed E-state index contributed by atoms with van der Waals surface area (Å²) in [6.45, 7) is 5.83. The van der Waals surface area contributed by atoms with Gasteiger partial charge in [0.1, 0.15) is 0 Å². The number of alkyl halides is 3. The zero-order valence-electron chi connectivity index (χ0n) is 13.4. The van der Waals surface area contributed by atoms with Crippen molar-refractivity contribution in [2.75, 3.05) is 6.61 Å². The van der Waals surface area contributed by atoms with Crippen molar-refractivity contribution in [3.63, 3.8) is 0 Å². The predicted octanol–water partition coefficient (Wildman–Crippen LogP) is 4.57. The van der Waals surface area contributed by atoms with Crippen LogP contribution in [0.4, 0.5) is 13.2 Å². The topological polar surface area (TPSA) is 46.2 Å². The standard InChI is InChI=1S/C12H15F3O.C4H11NS/c13-12(14,15)11(8-9-16)7-6-10-4-2-1-3-5-10;1-4(2,3)6-5/h1-5,11,16H,6-9H2;5H2,1-3H3. The molecule has 0 aliphatic heterocycles. The van der Waals surface area contributed by atoms with Crippen LogP contribution < -0.4 is 5.14 Å². The molecule has 0 aliphatic rings. The number of hydrogen-bond donors (Lipinski definition) is 2. The van der Waals surface area contributed by atoms with E-state index in [1.807, 2.05) is 30.3 Å². The molecule has 0 bridgehead atoms. The Balaban J connectivity index is 0.000000626. The number of aliphatic hydroxyl groups is 1. The summed E-state index contributed by atoms with van der Waals surface area (Å²) in [6, 6.07) is 9.07. The first-order valence-electron chi connectivity index (χ1n) is 7.19. The quantitative estimate of drug-likeness (QED) is 0.774. The Morgan fingerprint density at radius 1 is 1.09 bits per heavy atom. The lowest BCUT2D eigenvalue weighted by atomic mass is 9.96. The Kier molecular flexibility index (Phi) is 9.80. The molecular formula is C16H26F3NOS. The van der Waals surface area contributed by atoms with Crippen molar-refractivity contribution in [1.82, 2.24) is 0 Å². The molecule has 0 spiro atoms. The van der Waals surface area contributed by atoms with Crippen LogP contribution >= 0.6 is 11.9 Å². The van der Waals surface area contributed by atoms with Gasteiger partial charge in [0.25, 0.3) is 0 Å². The van der Waals surface area contributed by atoms with Gasteiger partial charge in [0, 0.05) is 11.4 Å². The van der Waals surface area contributed by atoms with Crippen molar-refractivity contribution >= 4 is 11.9 Å². The van der Waals surface area contributed by atoms with Gasteiger partial charge in [-0.3, -0.25) is 5.14 Å². The number of benzene rings is 1. The fourth-order valence-electron chi connectivity index (χ4n) is 1.61. The minimum atomic E-state index is -4.21. The van der Waals surface area contributed by atoms with Crippen LogP contribution in [0.25, 0.3) is 0 Å². The van der Waals surface area contributed by atoms with Gasteiger partial charge in [0.2, 0.25) is 0 Å². The van der Waals surface area contributed by atoms with Crippen molar-refractivity contribution in [3.8, 4) is 0 Å². The summed E-state index contributed by atoms with van der Waals surface area (Å²) < 4.78 is 37.7. The van der Waals surface area contributed by atoms with E-state index in [1.165, 1.54) is 11.9 Å². The molecular weight excluding hydrogens is 311 g/mol. The lowest BCUT2D eigenvalue weighted by Gasteiger charge is -2.19. The van der Waals surface area contributed by atoms with Crippen LogP contribution in [0.15, 0.2) is 30.3 Å². The lowest BCUT2D eigenvalue weighted by molar-refractivity contribution is -0.179. The number of halogens is 3. The van der Waals surface area contributed by atoms with Crippen molar-refractivity contribution in [2.45, 2.75) is 51.0 Å². The highest BCUT2D eigenvalue weighted by atomic mass is 32.2. The first kappa shape index (κ1) is 21.3. The highest BCUT2D eigenvalue weighted by Gasteiger charge is 2.38. The summed E-state index contributed by atoms with van der Waals surface area (Å²) in [5.41, 5.74) is 0.898. The van der Waals surface area contributed by atoms with Crippen LogP contribution in [0.2, 0.25) is 0 Å². The zero-order chi connectivity index (χ0) is 17.2. The van der Waals surface area contributed by atoms with Gasteiger partial charge in [-0.2, -0.15) is 13.2 Å². The van der Waals surface area contributed by atoms with E-state index < -0.39 is 18.7 Å². The molecule has 1 rings (SSSR count). The van der Waals surface area contributed by atoms with E-state index in [9.17, 15) is 13.2 Å². The van der Waals surface area contributed by atoms with Crippen LogP contribution in [-0.2, 0) is 6.42 Å². The highest BCUT2D eigenvalue weighted by molar-refractivity contribution is 7.98. The van der Waals surface area contributed by atoms with Gasteiger partial charge in [-0.25, -0.2) is 0 Å². The maximum absolute atomic E-state index is 12.5. The Bertz CT molecular complexity index is 391. The van der Waals surface area contributed by atoms with E-state index in [0.29, 0.717) is 6.42 Å². The van der Waals surface area contributed by atoms with Crippen LogP contribution in [0.3, 0.4) is 0 Å². The first-order valence-corrected chi connectivity index (χ1v) is 8.07.